The number of nitrogens with zero attached hydrogens (tertiary/aromatic N) is 17. The number of carbonyl (C=O) groups excluding carboxylic acids is 1. The number of unbranched alkanes of at least 4 members (excludes halogenated alkanes) is 6. The second-order valence-corrected chi connectivity index (χ2v) is 26.1. The topological polar surface area (TPSA) is 489 Å². The number of aliphatic hydroxyl groups is 1. The summed E-state index contributed by atoms with van der Waals surface area (Å²) in [5.74, 6) is 2.54. The predicted molar refractivity (Wildman–Crippen MR) is 422 cm³/mol. The van der Waals surface area contributed by atoms with E-state index >= 15 is 0 Å². The first-order valence-electron chi connectivity index (χ1n) is 36.9. The summed E-state index contributed by atoms with van der Waals surface area (Å²) in [4.78, 5) is 79.0. The molecule has 2 aliphatic rings. The standard InChI is InChI=1S/C18H21ClN4O2.C18H23N5O3.C14H21N5O2.C10H15N5O2.C9H12BrN5O.C4H9O.Na/c1-2-3-8-25-18-21-16(20)14-9-15(24)23(17(14)22-18)11-13-6-4-12(10-19)5-7-13;1-3-4-9-26-17-21-15(19)14-16(22-17)23(18(20-14)25-2)10-12-5-7-13(11-24)8-6-12;1-2-3-7-21-14-17-12(15)11-13(18-14)19(9-16-11)10-6-4-5-8-20-10;1-3-4-5-17-10-13-7(11)6-8(15-10)14-9(12-6)16-2;1-2-3-4-16-9-13-6(11)5-7(15-9)14-8(10)12-5;1-2-3-4-5;/h4-7H,2-3,8-11H2,1H3,(H2,20,21,22);5-8,24H,3-4,9-11H2,1-2H3,(H2,19,21,22);9-10H,2-8H2,1H3,(H2,15,17,18);3-5H2,1-2H3,(H3,11,12,13,14,15);2-4H2,1H3,(H3,11,12,13,14,15);2-4H2,1H3;/q;;;;;-1;+1. The van der Waals surface area contributed by atoms with E-state index < -0.39 is 0 Å². The molecule has 0 saturated carbocycles. The molecule has 0 spiro atoms. The number of halogens is 2. The number of nitrogens with one attached hydrogen (secondary N) is 2. The van der Waals surface area contributed by atoms with Crippen molar-refractivity contribution in [3.63, 3.8) is 0 Å². The number of aliphatic hydroxyl groups excluding tert-OH is 1. The largest absolute Gasteiger partial charge is 1.00 e. The van der Waals surface area contributed by atoms with Gasteiger partial charge in [0.05, 0.1) is 79.7 Å². The molecule has 111 heavy (non-hydrogen) atoms. The SMILES string of the molecule is CCCCOc1nc(N)c2[nH]c(Br)nc2n1.CCCCOc1nc(N)c2[nH]c(OC)nc2n1.CCCCOc1nc(N)c2c(n1)N(Cc1ccc(CCl)cc1)C(=O)C2.CCCCOc1nc(N)c2nc(OC)n(Cc3ccc(CO)cc3)c2n1.CCCCOc1nc(N)c2ncn(C3CCCCO3)c2n1.CCCC[O-].[Na+]. The summed E-state index contributed by atoms with van der Waals surface area (Å²) in [6, 6.07) is 17.5. The Hall–Kier alpha value is -9.56. The third-order valence-electron chi connectivity index (χ3n) is 16.6. The van der Waals surface area contributed by atoms with Crippen molar-refractivity contribution in [2.75, 3.05) is 94.0 Å². The minimum absolute atomic E-state index is 0. The molecular formula is C73H101BrClN24NaO11. The van der Waals surface area contributed by atoms with Gasteiger partial charge in [0.15, 0.2) is 61.6 Å². The Morgan fingerprint density at radius 1 is 0.559 bits per heavy atom. The molecule has 35 nitrogen and oxygen atoms in total. The van der Waals surface area contributed by atoms with Crippen LogP contribution in [0.3, 0.4) is 0 Å². The van der Waals surface area contributed by atoms with Gasteiger partial charge in [-0.05, 0) is 89.6 Å². The fourth-order valence-corrected chi connectivity index (χ4v) is 11.0. The van der Waals surface area contributed by atoms with Crippen molar-refractivity contribution in [3.05, 3.63) is 87.4 Å². The number of carbonyl (C=O) groups is 1. The van der Waals surface area contributed by atoms with E-state index in [4.69, 9.17) is 78.2 Å². The maximum absolute atomic E-state index is 12.4. The van der Waals surface area contributed by atoms with Gasteiger partial charge < -0.3 is 86.7 Å². The second kappa shape index (κ2) is 46.3. The number of benzene rings is 2. The van der Waals surface area contributed by atoms with E-state index in [-0.39, 0.29) is 91.2 Å². The molecule has 2 aromatic carbocycles. The number of hydrogen-bond donors (Lipinski definition) is 8. The van der Waals surface area contributed by atoms with Crippen molar-refractivity contribution in [2.24, 2.45) is 0 Å². The van der Waals surface area contributed by atoms with Gasteiger partial charge in [0.1, 0.15) is 28.9 Å². The van der Waals surface area contributed by atoms with Crippen LogP contribution < -0.4 is 101 Å². The number of aromatic nitrogens is 18. The zero-order valence-electron chi connectivity index (χ0n) is 64.6. The first-order chi connectivity index (χ1) is 53.4. The van der Waals surface area contributed by atoms with Crippen molar-refractivity contribution >= 4 is 113 Å². The molecule has 1 saturated heterocycles. The van der Waals surface area contributed by atoms with Crippen LogP contribution in [0.15, 0.2) is 59.6 Å². The minimum atomic E-state index is -0.0388. The number of imidazole rings is 4. The molecule has 1 fully saturated rings. The van der Waals surface area contributed by atoms with Crippen molar-refractivity contribution in [3.8, 4) is 42.1 Å². The Morgan fingerprint density at radius 3 is 1.53 bits per heavy atom. The van der Waals surface area contributed by atoms with Crippen LogP contribution in [0, 0.1) is 0 Å². The smallest absolute Gasteiger partial charge is 0.854 e. The first kappa shape index (κ1) is 88.7. The zero-order chi connectivity index (χ0) is 78.9. The van der Waals surface area contributed by atoms with Crippen LogP contribution in [0.4, 0.5) is 34.9 Å². The molecule has 0 aliphatic carbocycles. The Kier molecular flexibility index (Phi) is 37.0. The van der Waals surface area contributed by atoms with Gasteiger partial charge in [0.2, 0.25) is 5.91 Å². The van der Waals surface area contributed by atoms with Crippen molar-refractivity contribution in [1.82, 2.24) is 88.9 Å². The average Bonchev–Trinajstić information content (AvgIpc) is 1.66. The Bertz CT molecular complexity index is 4650. The van der Waals surface area contributed by atoms with Gasteiger partial charge in [-0.2, -0.15) is 59.8 Å². The van der Waals surface area contributed by atoms with Gasteiger partial charge in [0, 0.05) is 18.1 Å². The minimum Gasteiger partial charge on any atom is -0.854 e. The van der Waals surface area contributed by atoms with Crippen LogP contribution in [-0.2, 0) is 41.5 Å². The van der Waals surface area contributed by atoms with E-state index in [2.05, 4.69) is 130 Å². The Morgan fingerprint density at radius 2 is 1.04 bits per heavy atom. The fourth-order valence-electron chi connectivity index (χ4n) is 10.4. The second-order valence-electron chi connectivity index (χ2n) is 25.1. The van der Waals surface area contributed by atoms with E-state index in [0.717, 1.165) is 125 Å². The molecule has 594 valence electrons. The summed E-state index contributed by atoms with van der Waals surface area (Å²) >= 11 is 9.03. The molecule has 38 heteroatoms. The summed E-state index contributed by atoms with van der Waals surface area (Å²) in [5.41, 5.74) is 38.6. The van der Waals surface area contributed by atoms with E-state index in [1.54, 1.807) is 18.3 Å². The number of methoxy groups -OCH3 is 2. The number of H-pyrrole nitrogens is 2. The number of rotatable bonds is 31. The molecular weight excluding hydrogens is 1530 g/mol. The molecule has 9 aromatic heterocycles. The van der Waals surface area contributed by atoms with Gasteiger partial charge in [-0.3, -0.25) is 18.8 Å². The van der Waals surface area contributed by atoms with E-state index in [0.29, 0.717) is 154 Å². The number of alkyl halides is 1. The van der Waals surface area contributed by atoms with E-state index in [1.165, 1.54) is 7.11 Å². The Labute approximate surface area is 679 Å². The van der Waals surface area contributed by atoms with Gasteiger partial charge in [-0.15, -0.1) is 18.2 Å². The first-order valence-corrected chi connectivity index (χ1v) is 38.2. The number of nitrogens with two attached hydrogens (primary N) is 5. The van der Waals surface area contributed by atoms with Gasteiger partial charge >= 0.3 is 59.6 Å². The van der Waals surface area contributed by atoms with Gasteiger partial charge in [-0.25, -0.2) is 9.97 Å². The van der Waals surface area contributed by atoms with Crippen molar-refractivity contribution < 1.29 is 82.5 Å². The van der Waals surface area contributed by atoms with Gasteiger partial charge in [-0.1, -0.05) is 135 Å². The van der Waals surface area contributed by atoms with Crippen molar-refractivity contribution in [1.29, 1.82) is 0 Å². The summed E-state index contributed by atoms with van der Waals surface area (Å²) in [6.45, 7) is 17.1. The number of fused-ring (bicyclic) bond motifs is 5. The van der Waals surface area contributed by atoms with Crippen LogP contribution in [0.2, 0.25) is 0 Å². The molecule has 0 bridgehead atoms. The van der Waals surface area contributed by atoms with Crippen LogP contribution >= 0.6 is 27.5 Å². The number of amides is 1. The number of nitrogen functional groups attached to an aromatic ring is 5. The third-order valence-corrected chi connectivity index (χ3v) is 17.3. The molecule has 2 aliphatic heterocycles. The van der Waals surface area contributed by atoms with Gasteiger partial charge in [0.25, 0.3) is 12.0 Å². The summed E-state index contributed by atoms with van der Waals surface area (Å²) < 4.78 is 48.0. The number of anilines is 6. The molecule has 11 heterocycles. The summed E-state index contributed by atoms with van der Waals surface area (Å²) in [6.07, 6.45) is 16.9. The molecule has 1 amide bonds. The number of ether oxygens (including phenoxy) is 8. The monoisotopic (exact) mass is 1630 g/mol. The van der Waals surface area contributed by atoms with Crippen LogP contribution in [-0.4, -0.2) is 160 Å². The predicted octanol–water partition coefficient (Wildman–Crippen LogP) is 7.64. The Balaban J connectivity index is 0.000000191. The normalized spacial score (nSPS) is 12.7. The molecule has 13 N–H and O–H groups in total. The molecule has 13 rings (SSSR count). The maximum atomic E-state index is 12.4. The maximum Gasteiger partial charge on any atom is 1.00 e. The van der Waals surface area contributed by atoms with E-state index in [1.807, 2.05) is 64.6 Å². The third kappa shape index (κ3) is 25.7. The van der Waals surface area contributed by atoms with E-state index in [9.17, 15) is 15.0 Å². The fraction of sp³-hybridized carbons (Fsp3) is 0.493. The number of aromatic amines is 2. The molecule has 11 aromatic rings. The quantitative estimate of drug-likeness (QED) is 0.00895. The zero-order valence-corrected chi connectivity index (χ0v) is 69.0. The summed E-state index contributed by atoms with van der Waals surface area (Å²) in [5, 5.41) is 18.7. The van der Waals surface area contributed by atoms with Crippen molar-refractivity contribution in [2.45, 2.75) is 176 Å². The van der Waals surface area contributed by atoms with Crippen LogP contribution in [0.1, 0.15) is 172 Å². The van der Waals surface area contributed by atoms with Crippen LogP contribution in [0.5, 0.6) is 42.1 Å². The molecule has 1 unspecified atom stereocenters. The molecule has 1 atom stereocenters. The van der Waals surface area contributed by atoms with Crippen LogP contribution in [0.25, 0.3) is 44.7 Å². The summed E-state index contributed by atoms with van der Waals surface area (Å²) in [7, 11) is 3.06. The average molecular weight is 1630 g/mol. The number of hydrogen-bond acceptors (Lipinski definition) is 30. The molecule has 0 radical (unpaired) electrons.